The van der Waals surface area contributed by atoms with Gasteiger partial charge in [0.1, 0.15) is 16.4 Å². The molecule has 0 radical (unpaired) electrons. The molecular formula is C12H8ClN3O4. The zero-order valence-corrected chi connectivity index (χ0v) is 10.7. The summed E-state index contributed by atoms with van der Waals surface area (Å²) in [5, 5.41) is 22.4. The first-order chi connectivity index (χ1) is 9.50. The molecule has 0 bridgehead atoms. The van der Waals surface area contributed by atoms with Gasteiger partial charge in [0.15, 0.2) is 0 Å². The van der Waals surface area contributed by atoms with Crippen LogP contribution >= 0.6 is 11.6 Å². The molecule has 0 saturated carbocycles. The van der Waals surface area contributed by atoms with E-state index in [4.69, 9.17) is 16.7 Å². The first kappa shape index (κ1) is 13.8. The normalized spacial score (nSPS) is 10.1. The summed E-state index contributed by atoms with van der Waals surface area (Å²) < 4.78 is 0. The van der Waals surface area contributed by atoms with Gasteiger partial charge in [0.05, 0.1) is 10.6 Å². The van der Waals surface area contributed by atoms with Gasteiger partial charge in [-0.2, -0.15) is 0 Å². The van der Waals surface area contributed by atoms with E-state index in [-0.39, 0.29) is 27.8 Å². The average molecular weight is 294 g/mol. The number of carboxylic acids is 1. The monoisotopic (exact) mass is 293 g/mol. The van der Waals surface area contributed by atoms with Crippen molar-refractivity contribution in [3.8, 4) is 0 Å². The summed E-state index contributed by atoms with van der Waals surface area (Å²) in [6.45, 7) is 0. The van der Waals surface area contributed by atoms with Gasteiger partial charge in [-0.15, -0.1) is 0 Å². The molecule has 1 heterocycles. The van der Waals surface area contributed by atoms with Crippen LogP contribution in [0.4, 0.5) is 17.2 Å². The summed E-state index contributed by atoms with van der Waals surface area (Å²) >= 11 is 5.91. The number of hydrogen-bond donors (Lipinski definition) is 2. The number of halogens is 1. The van der Waals surface area contributed by atoms with Crippen LogP contribution in [0.1, 0.15) is 10.4 Å². The van der Waals surface area contributed by atoms with E-state index in [2.05, 4.69) is 10.3 Å². The molecule has 0 amide bonds. The van der Waals surface area contributed by atoms with Crippen LogP contribution in [-0.2, 0) is 0 Å². The highest BCUT2D eigenvalue weighted by molar-refractivity contribution is 6.35. The van der Waals surface area contributed by atoms with Crippen LogP contribution in [0, 0.1) is 10.1 Å². The summed E-state index contributed by atoms with van der Waals surface area (Å²) in [6, 6.07) is 7.03. The fourth-order valence-corrected chi connectivity index (χ4v) is 1.80. The van der Waals surface area contributed by atoms with Crippen LogP contribution in [0.3, 0.4) is 0 Å². The molecule has 2 N–H and O–H groups in total. The molecule has 7 nitrogen and oxygen atoms in total. The highest BCUT2D eigenvalue weighted by Gasteiger charge is 2.17. The Kier molecular flexibility index (Phi) is 3.81. The topological polar surface area (TPSA) is 105 Å². The SMILES string of the molecule is O=C(O)c1cccnc1Nc1cccc([N+](=O)[O-])c1Cl. The summed E-state index contributed by atoms with van der Waals surface area (Å²) in [5.74, 6) is -1.11. The fraction of sp³-hybridized carbons (Fsp3) is 0. The first-order valence-electron chi connectivity index (χ1n) is 5.39. The molecule has 0 aliphatic heterocycles. The summed E-state index contributed by atoms with van der Waals surface area (Å²) in [5.41, 5.74) is -0.124. The highest BCUT2D eigenvalue weighted by atomic mass is 35.5. The molecule has 0 spiro atoms. The smallest absolute Gasteiger partial charge is 0.339 e. The van der Waals surface area contributed by atoms with E-state index in [0.717, 1.165) is 0 Å². The number of aromatic nitrogens is 1. The van der Waals surface area contributed by atoms with E-state index in [9.17, 15) is 14.9 Å². The number of aromatic carboxylic acids is 1. The molecule has 1 aromatic heterocycles. The maximum atomic E-state index is 11.1. The van der Waals surface area contributed by atoms with Gasteiger partial charge in [0.25, 0.3) is 5.69 Å². The summed E-state index contributed by atoms with van der Waals surface area (Å²) in [4.78, 5) is 25.1. The number of hydrogen-bond acceptors (Lipinski definition) is 5. The van der Waals surface area contributed by atoms with Crippen molar-refractivity contribution < 1.29 is 14.8 Å². The summed E-state index contributed by atoms with van der Waals surface area (Å²) in [7, 11) is 0. The van der Waals surface area contributed by atoms with Crippen molar-refractivity contribution in [1.29, 1.82) is 0 Å². The van der Waals surface area contributed by atoms with E-state index in [1.165, 1.54) is 36.5 Å². The van der Waals surface area contributed by atoms with Crippen molar-refractivity contribution in [3.63, 3.8) is 0 Å². The highest BCUT2D eigenvalue weighted by Crippen LogP contribution is 2.33. The average Bonchev–Trinajstić information content (AvgIpc) is 2.41. The molecule has 8 heteroatoms. The Hall–Kier alpha value is -2.67. The number of nitrogens with zero attached hydrogens (tertiary/aromatic N) is 2. The molecule has 2 aromatic rings. The number of pyridine rings is 1. The minimum Gasteiger partial charge on any atom is -0.478 e. The standard InChI is InChI=1S/C12H8ClN3O4/c13-10-8(4-1-5-9(10)16(19)20)15-11-7(12(17)18)3-2-6-14-11/h1-6H,(H,14,15)(H,17,18). The zero-order valence-electron chi connectivity index (χ0n) is 9.91. The van der Waals surface area contributed by atoms with Gasteiger partial charge >= 0.3 is 5.97 Å². The maximum Gasteiger partial charge on any atom is 0.339 e. The van der Waals surface area contributed by atoms with Crippen LogP contribution in [0.15, 0.2) is 36.5 Å². The van der Waals surface area contributed by atoms with Gasteiger partial charge in [0.2, 0.25) is 0 Å². The number of benzene rings is 1. The Balaban J connectivity index is 2.43. The van der Waals surface area contributed by atoms with Gasteiger partial charge in [-0.25, -0.2) is 9.78 Å². The molecule has 0 aliphatic carbocycles. The van der Waals surface area contributed by atoms with Crippen molar-refractivity contribution in [2.24, 2.45) is 0 Å². The molecule has 102 valence electrons. The Labute approximate surface area is 118 Å². The molecule has 0 saturated heterocycles. The lowest BCUT2D eigenvalue weighted by atomic mass is 10.2. The fourth-order valence-electron chi connectivity index (χ4n) is 1.56. The number of nitro benzene ring substituents is 1. The number of nitrogens with one attached hydrogen (secondary N) is 1. The van der Waals surface area contributed by atoms with Crippen LogP contribution in [0.25, 0.3) is 0 Å². The van der Waals surface area contributed by atoms with Gasteiger partial charge in [-0.3, -0.25) is 10.1 Å². The summed E-state index contributed by atoms with van der Waals surface area (Å²) in [6.07, 6.45) is 1.40. The molecule has 0 atom stereocenters. The lowest BCUT2D eigenvalue weighted by Gasteiger charge is -2.09. The van der Waals surface area contributed by atoms with Crippen LogP contribution in [-0.4, -0.2) is 21.0 Å². The Morgan fingerprint density at radius 2 is 2.10 bits per heavy atom. The quantitative estimate of drug-likeness (QED) is 0.663. The number of carbonyl (C=O) groups is 1. The van der Waals surface area contributed by atoms with E-state index in [1.54, 1.807) is 0 Å². The van der Waals surface area contributed by atoms with Crippen LogP contribution < -0.4 is 5.32 Å². The first-order valence-corrected chi connectivity index (χ1v) is 5.76. The van der Waals surface area contributed by atoms with Crippen LogP contribution in [0.2, 0.25) is 5.02 Å². The Bertz CT molecular complexity index is 690. The second-order valence-electron chi connectivity index (χ2n) is 3.73. The number of anilines is 2. The number of carboxylic acid groups (broad SMARTS) is 1. The molecular weight excluding hydrogens is 286 g/mol. The molecule has 0 aliphatic rings. The predicted molar refractivity (Wildman–Crippen MR) is 72.6 cm³/mol. The van der Waals surface area contributed by atoms with Crippen molar-refractivity contribution in [2.45, 2.75) is 0 Å². The second kappa shape index (κ2) is 5.54. The van der Waals surface area contributed by atoms with Gasteiger partial charge in [0, 0.05) is 12.3 Å². The second-order valence-corrected chi connectivity index (χ2v) is 4.10. The van der Waals surface area contributed by atoms with Gasteiger partial charge in [-0.05, 0) is 18.2 Å². The van der Waals surface area contributed by atoms with Crippen molar-refractivity contribution in [3.05, 3.63) is 57.2 Å². The third-order valence-electron chi connectivity index (χ3n) is 2.47. The minimum absolute atomic E-state index is 0.0578. The molecule has 0 fully saturated rings. The van der Waals surface area contributed by atoms with Gasteiger partial charge < -0.3 is 10.4 Å². The van der Waals surface area contributed by atoms with E-state index >= 15 is 0 Å². The molecule has 2 rings (SSSR count). The Morgan fingerprint density at radius 1 is 1.35 bits per heavy atom. The molecule has 1 aromatic carbocycles. The third kappa shape index (κ3) is 2.67. The lowest BCUT2D eigenvalue weighted by Crippen LogP contribution is -2.05. The zero-order chi connectivity index (χ0) is 14.7. The molecule has 20 heavy (non-hydrogen) atoms. The number of rotatable bonds is 4. The van der Waals surface area contributed by atoms with E-state index < -0.39 is 10.9 Å². The molecule has 0 unspecified atom stereocenters. The van der Waals surface area contributed by atoms with Crippen LogP contribution in [0.5, 0.6) is 0 Å². The maximum absolute atomic E-state index is 11.1. The van der Waals surface area contributed by atoms with Crippen molar-refractivity contribution >= 4 is 34.8 Å². The lowest BCUT2D eigenvalue weighted by molar-refractivity contribution is -0.384. The third-order valence-corrected chi connectivity index (χ3v) is 2.86. The predicted octanol–water partition coefficient (Wildman–Crippen LogP) is 3.09. The largest absolute Gasteiger partial charge is 0.478 e. The van der Waals surface area contributed by atoms with E-state index in [1.807, 2.05) is 0 Å². The van der Waals surface area contributed by atoms with Gasteiger partial charge in [-0.1, -0.05) is 17.7 Å². The van der Waals surface area contributed by atoms with Crippen molar-refractivity contribution in [2.75, 3.05) is 5.32 Å². The van der Waals surface area contributed by atoms with Crippen molar-refractivity contribution in [1.82, 2.24) is 4.98 Å². The Morgan fingerprint density at radius 3 is 2.75 bits per heavy atom. The number of nitro groups is 1. The van der Waals surface area contributed by atoms with E-state index in [0.29, 0.717) is 0 Å². The minimum atomic E-state index is -1.16.